The fraction of sp³-hybridized carbons (Fsp3) is 0.400. The number of oxazole rings is 1. The lowest BCUT2D eigenvalue weighted by molar-refractivity contribution is 0.463. The van der Waals surface area contributed by atoms with Crippen molar-refractivity contribution in [2.75, 3.05) is 6.54 Å². The van der Waals surface area contributed by atoms with Crippen molar-refractivity contribution in [1.29, 1.82) is 0 Å². The fourth-order valence-electron chi connectivity index (χ4n) is 2.13. The van der Waals surface area contributed by atoms with Gasteiger partial charge in [0.25, 0.3) is 0 Å². The average molecular weight is 332 g/mol. The summed E-state index contributed by atoms with van der Waals surface area (Å²) in [6.07, 6.45) is 4.00. The van der Waals surface area contributed by atoms with Gasteiger partial charge in [-0.15, -0.1) is 11.3 Å². The number of imidazole rings is 1. The van der Waals surface area contributed by atoms with Gasteiger partial charge >= 0.3 is 0 Å². The molecule has 0 unspecified atom stereocenters. The Labute approximate surface area is 138 Å². The lowest BCUT2D eigenvalue weighted by Crippen LogP contribution is -2.36. The highest BCUT2D eigenvalue weighted by Crippen LogP contribution is 2.12. The minimum Gasteiger partial charge on any atom is -0.444 e. The smallest absolute Gasteiger partial charge is 0.214 e. The predicted octanol–water partition coefficient (Wildman–Crippen LogP) is 2.26. The minimum atomic E-state index is 0.499. The average Bonchev–Trinajstić information content (AvgIpc) is 3.18. The van der Waals surface area contributed by atoms with E-state index >= 15 is 0 Å². The summed E-state index contributed by atoms with van der Waals surface area (Å²) in [5.41, 5.74) is 1.86. The summed E-state index contributed by atoms with van der Waals surface area (Å²) in [4.78, 5) is 14.4. The molecule has 0 aliphatic rings. The van der Waals surface area contributed by atoms with E-state index in [-0.39, 0.29) is 0 Å². The highest BCUT2D eigenvalue weighted by molar-refractivity contribution is 7.15. The zero-order valence-corrected chi connectivity index (χ0v) is 14.3. The molecule has 0 aliphatic carbocycles. The maximum Gasteiger partial charge on any atom is 0.214 e. The number of aryl methyl sites for hydroxylation is 2. The molecule has 0 aliphatic heterocycles. The first-order chi connectivity index (χ1) is 11.2. The van der Waals surface area contributed by atoms with Crippen LogP contribution in [0.1, 0.15) is 30.0 Å². The SMILES string of the molecule is CCNC(=NCc1cn2ccsc2n1)NCc1nc(C)c(C)o1. The number of guanidine groups is 1. The van der Waals surface area contributed by atoms with Crippen LogP contribution in [0.4, 0.5) is 0 Å². The van der Waals surface area contributed by atoms with Crippen LogP contribution >= 0.6 is 11.3 Å². The topological polar surface area (TPSA) is 79.8 Å². The van der Waals surface area contributed by atoms with Crippen LogP contribution in [-0.4, -0.2) is 26.9 Å². The molecule has 0 bridgehead atoms. The zero-order valence-electron chi connectivity index (χ0n) is 13.5. The third-order valence-electron chi connectivity index (χ3n) is 3.37. The first-order valence-corrected chi connectivity index (χ1v) is 8.40. The number of hydrogen-bond acceptors (Lipinski definition) is 5. The van der Waals surface area contributed by atoms with Gasteiger partial charge in [-0.1, -0.05) is 0 Å². The largest absolute Gasteiger partial charge is 0.444 e. The monoisotopic (exact) mass is 332 g/mol. The molecule has 3 aromatic heterocycles. The van der Waals surface area contributed by atoms with Crippen molar-refractivity contribution in [3.63, 3.8) is 0 Å². The molecule has 7 nitrogen and oxygen atoms in total. The first-order valence-electron chi connectivity index (χ1n) is 7.52. The van der Waals surface area contributed by atoms with Gasteiger partial charge in [0.15, 0.2) is 10.9 Å². The molecule has 122 valence electrons. The third-order valence-corrected chi connectivity index (χ3v) is 4.14. The molecule has 8 heteroatoms. The normalized spacial score (nSPS) is 12.0. The van der Waals surface area contributed by atoms with E-state index in [2.05, 4.69) is 25.6 Å². The number of nitrogens with one attached hydrogen (secondary N) is 2. The quantitative estimate of drug-likeness (QED) is 0.553. The van der Waals surface area contributed by atoms with Crippen molar-refractivity contribution >= 4 is 22.3 Å². The van der Waals surface area contributed by atoms with Crippen molar-refractivity contribution in [2.24, 2.45) is 4.99 Å². The van der Waals surface area contributed by atoms with E-state index in [9.17, 15) is 0 Å². The van der Waals surface area contributed by atoms with E-state index in [1.54, 1.807) is 11.3 Å². The van der Waals surface area contributed by atoms with Crippen molar-refractivity contribution in [2.45, 2.75) is 33.9 Å². The highest BCUT2D eigenvalue weighted by atomic mass is 32.1. The van der Waals surface area contributed by atoms with E-state index in [1.165, 1.54) is 0 Å². The standard InChI is InChI=1S/C15H20N6OS/c1-4-16-14(18-8-13-19-10(2)11(3)22-13)17-7-12-9-21-5-6-23-15(21)20-12/h5-6,9H,4,7-8H2,1-3H3,(H2,16,17,18). The van der Waals surface area contributed by atoms with Crippen molar-refractivity contribution in [3.05, 3.63) is 40.8 Å². The van der Waals surface area contributed by atoms with Crippen LogP contribution in [0.5, 0.6) is 0 Å². The number of thiazole rings is 1. The molecule has 2 N–H and O–H groups in total. The third kappa shape index (κ3) is 3.70. The van der Waals surface area contributed by atoms with Crippen LogP contribution in [0.15, 0.2) is 27.2 Å². The Kier molecular flexibility index (Phi) is 4.61. The summed E-state index contributed by atoms with van der Waals surface area (Å²) < 4.78 is 7.57. The number of aromatic nitrogens is 3. The Morgan fingerprint density at radius 1 is 1.35 bits per heavy atom. The van der Waals surface area contributed by atoms with Gasteiger partial charge in [0, 0.05) is 24.3 Å². The fourth-order valence-corrected chi connectivity index (χ4v) is 2.85. The minimum absolute atomic E-state index is 0.499. The second-order valence-electron chi connectivity index (χ2n) is 5.12. The van der Waals surface area contributed by atoms with E-state index in [0.29, 0.717) is 19.0 Å². The first kappa shape index (κ1) is 15.5. The molecule has 0 atom stereocenters. The lowest BCUT2D eigenvalue weighted by Gasteiger charge is -2.09. The Balaban J connectivity index is 1.63. The van der Waals surface area contributed by atoms with Gasteiger partial charge < -0.3 is 15.1 Å². The predicted molar refractivity (Wildman–Crippen MR) is 90.7 cm³/mol. The van der Waals surface area contributed by atoms with Gasteiger partial charge in [0.1, 0.15) is 5.76 Å². The molecule has 0 aromatic carbocycles. The summed E-state index contributed by atoms with van der Waals surface area (Å²) in [5.74, 6) is 2.23. The van der Waals surface area contributed by atoms with Crippen LogP contribution in [0.25, 0.3) is 4.96 Å². The number of aliphatic imine (C=N–C) groups is 1. The van der Waals surface area contributed by atoms with Gasteiger partial charge in [0.05, 0.1) is 24.5 Å². The molecule has 3 heterocycles. The molecule has 0 fully saturated rings. The van der Waals surface area contributed by atoms with E-state index in [4.69, 9.17) is 4.42 Å². The van der Waals surface area contributed by atoms with E-state index in [0.717, 1.165) is 34.6 Å². The number of hydrogen-bond donors (Lipinski definition) is 2. The van der Waals surface area contributed by atoms with Crippen LogP contribution < -0.4 is 10.6 Å². The Morgan fingerprint density at radius 3 is 2.91 bits per heavy atom. The molecule has 0 spiro atoms. The Morgan fingerprint density at radius 2 is 2.22 bits per heavy atom. The molecular formula is C15H20N6OS. The second-order valence-corrected chi connectivity index (χ2v) is 6.00. The van der Waals surface area contributed by atoms with Crippen LogP contribution in [0.3, 0.4) is 0 Å². The summed E-state index contributed by atoms with van der Waals surface area (Å²) in [6, 6.07) is 0. The van der Waals surface area contributed by atoms with Crippen molar-refractivity contribution in [1.82, 2.24) is 25.0 Å². The number of rotatable bonds is 5. The van der Waals surface area contributed by atoms with Crippen molar-refractivity contribution in [3.8, 4) is 0 Å². The summed E-state index contributed by atoms with van der Waals surface area (Å²) >= 11 is 1.62. The molecule has 0 saturated heterocycles. The number of nitrogens with zero attached hydrogens (tertiary/aromatic N) is 4. The molecule has 0 amide bonds. The van der Waals surface area contributed by atoms with Gasteiger partial charge in [-0.05, 0) is 20.8 Å². The molecule has 23 heavy (non-hydrogen) atoms. The summed E-state index contributed by atoms with van der Waals surface area (Å²) in [5, 5.41) is 8.45. The molecule has 0 radical (unpaired) electrons. The van der Waals surface area contributed by atoms with Gasteiger partial charge in [-0.2, -0.15) is 0 Å². The van der Waals surface area contributed by atoms with Crippen LogP contribution in [0, 0.1) is 13.8 Å². The maximum absolute atomic E-state index is 5.56. The summed E-state index contributed by atoms with van der Waals surface area (Å²) in [6.45, 7) is 7.69. The Bertz CT molecular complexity index is 767. The van der Waals surface area contributed by atoms with E-state index < -0.39 is 0 Å². The second kappa shape index (κ2) is 6.82. The van der Waals surface area contributed by atoms with Crippen LogP contribution in [-0.2, 0) is 13.1 Å². The molecule has 3 rings (SSSR count). The summed E-state index contributed by atoms with van der Waals surface area (Å²) in [7, 11) is 0. The van der Waals surface area contributed by atoms with Gasteiger partial charge in [-0.3, -0.25) is 4.40 Å². The Hall–Kier alpha value is -2.35. The van der Waals surface area contributed by atoms with Gasteiger partial charge in [0.2, 0.25) is 5.89 Å². The van der Waals surface area contributed by atoms with Crippen molar-refractivity contribution < 1.29 is 4.42 Å². The molecule has 3 aromatic rings. The zero-order chi connectivity index (χ0) is 16.2. The molecular weight excluding hydrogens is 312 g/mol. The van der Waals surface area contributed by atoms with Crippen LogP contribution in [0.2, 0.25) is 0 Å². The van der Waals surface area contributed by atoms with Gasteiger partial charge in [-0.25, -0.2) is 15.0 Å². The van der Waals surface area contributed by atoms with E-state index in [1.807, 2.05) is 42.9 Å². The number of fused-ring (bicyclic) bond motifs is 1. The highest BCUT2D eigenvalue weighted by Gasteiger charge is 2.07. The molecule has 0 saturated carbocycles. The maximum atomic E-state index is 5.56. The lowest BCUT2D eigenvalue weighted by atomic mass is 10.4.